The number of aromatic nitrogens is 1. The summed E-state index contributed by atoms with van der Waals surface area (Å²) in [6.07, 6.45) is 1.97. The third-order valence-corrected chi connectivity index (χ3v) is 3.42. The average Bonchev–Trinajstić information content (AvgIpc) is 2.86. The Balaban J connectivity index is 1.96. The van der Waals surface area contributed by atoms with Crippen LogP contribution in [-0.4, -0.2) is 4.98 Å². The molecule has 2 N–H and O–H groups in total. The normalized spacial score (nSPS) is 11.1. The van der Waals surface area contributed by atoms with Crippen LogP contribution in [0.1, 0.15) is 25.3 Å². The van der Waals surface area contributed by atoms with E-state index in [2.05, 4.69) is 72.7 Å². The summed E-state index contributed by atoms with van der Waals surface area (Å²) in [6, 6.07) is 17.0. The monoisotopic (exact) mass is 250 g/mol. The number of anilines is 2. The van der Waals surface area contributed by atoms with Crippen LogP contribution in [0.15, 0.2) is 54.7 Å². The minimum absolute atomic E-state index is 0.514. The first kappa shape index (κ1) is 11.8. The molecular weight excluding hydrogens is 232 g/mol. The molecule has 0 unspecified atom stereocenters. The second-order valence-corrected chi connectivity index (χ2v) is 5.15. The Hall–Kier alpha value is -2.22. The SMILES string of the molecule is CC(C)c1ccccc1Nc1ccc2[nH]ccc2c1. The van der Waals surface area contributed by atoms with Crippen molar-refractivity contribution < 1.29 is 0 Å². The van der Waals surface area contributed by atoms with Gasteiger partial charge in [0.05, 0.1) is 0 Å². The van der Waals surface area contributed by atoms with E-state index in [1.807, 2.05) is 6.20 Å². The largest absolute Gasteiger partial charge is 0.361 e. The van der Waals surface area contributed by atoms with Crippen LogP contribution >= 0.6 is 0 Å². The molecule has 0 aliphatic carbocycles. The zero-order valence-corrected chi connectivity index (χ0v) is 11.3. The Morgan fingerprint density at radius 3 is 2.68 bits per heavy atom. The maximum Gasteiger partial charge on any atom is 0.0455 e. The molecule has 0 atom stereocenters. The molecule has 0 radical (unpaired) electrons. The molecular formula is C17H18N2. The first-order valence-corrected chi connectivity index (χ1v) is 6.67. The van der Waals surface area contributed by atoms with Crippen LogP contribution in [0.2, 0.25) is 0 Å². The van der Waals surface area contributed by atoms with E-state index in [0.29, 0.717) is 5.92 Å². The van der Waals surface area contributed by atoms with Crippen LogP contribution in [0.4, 0.5) is 11.4 Å². The zero-order chi connectivity index (χ0) is 13.2. The summed E-state index contributed by atoms with van der Waals surface area (Å²) in [5.41, 5.74) is 4.83. The molecule has 0 bridgehead atoms. The van der Waals surface area contributed by atoms with Crippen molar-refractivity contribution in [3.05, 3.63) is 60.3 Å². The summed E-state index contributed by atoms with van der Waals surface area (Å²) in [4.78, 5) is 3.21. The first-order chi connectivity index (χ1) is 9.24. The lowest BCUT2D eigenvalue weighted by molar-refractivity contribution is 0.869. The molecule has 96 valence electrons. The van der Waals surface area contributed by atoms with E-state index in [4.69, 9.17) is 0 Å². The molecule has 0 saturated carbocycles. The van der Waals surface area contributed by atoms with Gasteiger partial charge in [0.2, 0.25) is 0 Å². The molecule has 1 heterocycles. The lowest BCUT2D eigenvalue weighted by atomic mass is 10.0. The van der Waals surface area contributed by atoms with Gasteiger partial charge >= 0.3 is 0 Å². The van der Waals surface area contributed by atoms with Crippen LogP contribution in [0.3, 0.4) is 0 Å². The molecule has 1 aromatic heterocycles. The molecule has 19 heavy (non-hydrogen) atoms. The highest BCUT2D eigenvalue weighted by molar-refractivity contribution is 5.84. The molecule has 0 aliphatic rings. The fraction of sp³-hybridized carbons (Fsp3) is 0.176. The third-order valence-electron chi connectivity index (χ3n) is 3.42. The van der Waals surface area contributed by atoms with Crippen molar-refractivity contribution in [2.75, 3.05) is 5.32 Å². The van der Waals surface area contributed by atoms with E-state index in [0.717, 1.165) is 5.69 Å². The summed E-state index contributed by atoms with van der Waals surface area (Å²) in [5.74, 6) is 0.514. The fourth-order valence-corrected chi connectivity index (χ4v) is 2.40. The van der Waals surface area contributed by atoms with E-state index in [9.17, 15) is 0 Å². The Bertz CT molecular complexity index is 695. The minimum atomic E-state index is 0.514. The van der Waals surface area contributed by atoms with Crippen LogP contribution in [-0.2, 0) is 0 Å². The molecule has 2 nitrogen and oxygen atoms in total. The van der Waals surface area contributed by atoms with Gasteiger partial charge in [-0.15, -0.1) is 0 Å². The van der Waals surface area contributed by atoms with Crippen LogP contribution in [0.25, 0.3) is 10.9 Å². The Labute approximate surface area is 113 Å². The van der Waals surface area contributed by atoms with E-state index in [-0.39, 0.29) is 0 Å². The van der Waals surface area contributed by atoms with Gasteiger partial charge in [-0.2, -0.15) is 0 Å². The predicted molar refractivity (Wildman–Crippen MR) is 82.1 cm³/mol. The maximum atomic E-state index is 3.52. The van der Waals surface area contributed by atoms with Crippen molar-refractivity contribution in [3.8, 4) is 0 Å². The summed E-state index contributed by atoms with van der Waals surface area (Å²) < 4.78 is 0. The topological polar surface area (TPSA) is 27.8 Å². The van der Waals surface area contributed by atoms with Gasteiger partial charge in [-0.3, -0.25) is 0 Å². The third kappa shape index (κ3) is 2.34. The van der Waals surface area contributed by atoms with Gasteiger partial charge in [-0.1, -0.05) is 32.0 Å². The van der Waals surface area contributed by atoms with Crippen molar-refractivity contribution in [2.24, 2.45) is 0 Å². The molecule has 0 spiro atoms. The molecule has 0 aliphatic heterocycles. The average molecular weight is 250 g/mol. The molecule has 0 amide bonds. The van der Waals surface area contributed by atoms with Crippen LogP contribution in [0.5, 0.6) is 0 Å². The number of benzene rings is 2. The van der Waals surface area contributed by atoms with E-state index < -0.39 is 0 Å². The van der Waals surface area contributed by atoms with Crippen LogP contribution in [0, 0.1) is 0 Å². The van der Waals surface area contributed by atoms with Gasteiger partial charge in [0, 0.05) is 28.5 Å². The van der Waals surface area contributed by atoms with Gasteiger partial charge in [-0.05, 0) is 41.8 Å². The molecule has 0 fully saturated rings. The van der Waals surface area contributed by atoms with Gasteiger partial charge in [0.25, 0.3) is 0 Å². The Morgan fingerprint density at radius 1 is 1.00 bits per heavy atom. The van der Waals surface area contributed by atoms with E-state index >= 15 is 0 Å². The number of rotatable bonds is 3. The minimum Gasteiger partial charge on any atom is -0.361 e. The lowest BCUT2D eigenvalue weighted by Gasteiger charge is -2.14. The maximum absolute atomic E-state index is 3.52. The van der Waals surface area contributed by atoms with Crippen molar-refractivity contribution in [1.82, 2.24) is 4.98 Å². The smallest absolute Gasteiger partial charge is 0.0455 e. The van der Waals surface area contributed by atoms with Crippen molar-refractivity contribution in [1.29, 1.82) is 0 Å². The summed E-state index contributed by atoms with van der Waals surface area (Å²) in [5, 5.41) is 4.75. The Kier molecular flexibility index (Phi) is 3.00. The van der Waals surface area contributed by atoms with E-state index in [1.54, 1.807) is 0 Å². The van der Waals surface area contributed by atoms with Crippen molar-refractivity contribution >= 4 is 22.3 Å². The standard InChI is InChI=1S/C17H18N2/c1-12(2)15-5-3-4-6-17(15)19-14-7-8-16-13(11-14)9-10-18-16/h3-12,18-19H,1-2H3. The first-order valence-electron chi connectivity index (χ1n) is 6.67. The predicted octanol–water partition coefficient (Wildman–Crippen LogP) is 5.03. The quantitative estimate of drug-likeness (QED) is 0.670. The summed E-state index contributed by atoms with van der Waals surface area (Å²) in [6.45, 7) is 4.44. The van der Waals surface area contributed by atoms with Gasteiger partial charge in [-0.25, -0.2) is 0 Å². The lowest BCUT2D eigenvalue weighted by Crippen LogP contribution is -1.97. The fourth-order valence-electron chi connectivity index (χ4n) is 2.40. The highest BCUT2D eigenvalue weighted by Gasteiger charge is 2.06. The van der Waals surface area contributed by atoms with Crippen molar-refractivity contribution in [2.45, 2.75) is 19.8 Å². The molecule has 0 saturated heterocycles. The second-order valence-electron chi connectivity index (χ2n) is 5.15. The highest BCUT2D eigenvalue weighted by Crippen LogP contribution is 2.28. The number of para-hydroxylation sites is 1. The number of fused-ring (bicyclic) bond motifs is 1. The summed E-state index contributed by atoms with van der Waals surface area (Å²) in [7, 11) is 0. The summed E-state index contributed by atoms with van der Waals surface area (Å²) >= 11 is 0. The number of hydrogen-bond acceptors (Lipinski definition) is 1. The highest BCUT2D eigenvalue weighted by atomic mass is 14.9. The number of hydrogen-bond donors (Lipinski definition) is 2. The molecule has 3 aromatic rings. The van der Waals surface area contributed by atoms with Gasteiger partial charge in [0.15, 0.2) is 0 Å². The van der Waals surface area contributed by atoms with Gasteiger partial charge < -0.3 is 10.3 Å². The number of H-pyrrole nitrogens is 1. The van der Waals surface area contributed by atoms with Crippen molar-refractivity contribution in [3.63, 3.8) is 0 Å². The zero-order valence-electron chi connectivity index (χ0n) is 11.3. The molecule has 2 aromatic carbocycles. The van der Waals surface area contributed by atoms with E-state index in [1.165, 1.54) is 22.2 Å². The number of aromatic amines is 1. The molecule has 3 rings (SSSR count). The Morgan fingerprint density at radius 2 is 1.84 bits per heavy atom. The second kappa shape index (κ2) is 4.81. The molecule has 2 heteroatoms. The number of nitrogens with one attached hydrogen (secondary N) is 2. The van der Waals surface area contributed by atoms with Crippen LogP contribution < -0.4 is 5.32 Å². The van der Waals surface area contributed by atoms with Gasteiger partial charge in [0.1, 0.15) is 0 Å².